The number of hydrogen-bond acceptors (Lipinski definition) is 4. The fourth-order valence-corrected chi connectivity index (χ4v) is 2.90. The Balaban J connectivity index is 1.87. The summed E-state index contributed by atoms with van der Waals surface area (Å²) in [4.78, 5) is 14.6. The van der Waals surface area contributed by atoms with Gasteiger partial charge in [0.1, 0.15) is 5.76 Å². The first-order valence-electron chi connectivity index (χ1n) is 7.47. The zero-order valence-corrected chi connectivity index (χ0v) is 12.4. The normalized spacial score (nSPS) is 19.0. The smallest absolute Gasteiger partial charge is 0.276 e. The number of hydrogen-bond donors (Lipinski definition) is 1. The van der Waals surface area contributed by atoms with Crippen LogP contribution in [0.4, 0.5) is 0 Å². The van der Waals surface area contributed by atoms with Crippen LogP contribution in [0.1, 0.15) is 59.7 Å². The maximum absolute atomic E-state index is 12.7. The molecule has 0 unspecified atom stereocenters. The van der Waals surface area contributed by atoms with Crippen LogP contribution in [0, 0.1) is 6.92 Å². The molecular weight excluding hydrogens is 268 g/mol. The lowest BCUT2D eigenvalue weighted by atomic mass is 9.97. The van der Waals surface area contributed by atoms with E-state index in [1.807, 2.05) is 18.7 Å². The van der Waals surface area contributed by atoms with E-state index in [1.165, 1.54) is 0 Å². The van der Waals surface area contributed by atoms with Crippen LogP contribution in [-0.4, -0.2) is 32.7 Å². The van der Waals surface area contributed by atoms with Gasteiger partial charge in [-0.25, -0.2) is 0 Å². The summed E-state index contributed by atoms with van der Waals surface area (Å²) in [6, 6.07) is 1.80. The Hall–Kier alpha value is -2.11. The first-order valence-corrected chi connectivity index (χ1v) is 7.47. The number of nitrogens with one attached hydrogen (secondary N) is 1. The molecule has 0 bridgehead atoms. The van der Waals surface area contributed by atoms with E-state index < -0.39 is 0 Å². The second-order valence-electron chi connectivity index (χ2n) is 5.51. The number of aromatic amines is 1. The van der Waals surface area contributed by atoms with E-state index in [9.17, 15) is 4.79 Å². The largest absolute Gasteiger partial charge is 0.361 e. The lowest BCUT2D eigenvalue weighted by Crippen LogP contribution is -2.39. The third kappa shape index (κ3) is 2.57. The van der Waals surface area contributed by atoms with Crippen molar-refractivity contribution in [3.8, 4) is 0 Å². The van der Waals surface area contributed by atoms with Gasteiger partial charge in [-0.15, -0.1) is 0 Å². The lowest BCUT2D eigenvalue weighted by Gasteiger charge is -2.35. The highest BCUT2D eigenvalue weighted by atomic mass is 16.5. The van der Waals surface area contributed by atoms with Crippen LogP contribution >= 0.6 is 0 Å². The van der Waals surface area contributed by atoms with Crippen molar-refractivity contribution in [1.82, 2.24) is 20.3 Å². The van der Waals surface area contributed by atoms with Crippen LogP contribution in [0.15, 0.2) is 16.8 Å². The van der Waals surface area contributed by atoms with Crippen molar-refractivity contribution in [2.75, 3.05) is 6.54 Å². The molecule has 3 heterocycles. The van der Waals surface area contributed by atoms with Crippen molar-refractivity contribution in [2.24, 2.45) is 0 Å². The third-order valence-corrected chi connectivity index (χ3v) is 4.09. The molecule has 0 aromatic carbocycles. The highest BCUT2D eigenvalue weighted by molar-refractivity contribution is 5.92. The fourth-order valence-electron chi connectivity index (χ4n) is 2.90. The van der Waals surface area contributed by atoms with Gasteiger partial charge in [-0.3, -0.25) is 9.89 Å². The molecule has 1 fully saturated rings. The average Bonchev–Trinajstić information content (AvgIpc) is 3.15. The summed E-state index contributed by atoms with van der Waals surface area (Å²) < 4.78 is 5.16. The minimum Gasteiger partial charge on any atom is -0.361 e. The van der Waals surface area contributed by atoms with Crippen molar-refractivity contribution in [3.05, 3.63) is 35.0 Å². The summed E-state index contributed by atoms with van der Waals surface area (Å²) in [6.45, 7) is 4.74. The molecule has 112 valence electrons. The highest BCUT2D eigenvalue weighted by Gasteiger charge is 2.32. The van der Waals surface area contributed by atoms with Crippen LogP contribution in [0.2, 0.25) is 0 Å². The van der Waals surface area contributed by atoms with Crippen LogP contribution in [0.3, 0.4) is 0 Å². The molecule has 1 N–H and O–H groups in total. The predicted octanol–water partition coefficient (Wildman–Crippen LogP) is 2.64. The van der Waals surface area contributed by atoms with Crippen LogP contribution in [-0.2, 0) is 6.42 Å². The van der Waals surface area contributed by atoms with Gasteiger partial charge in [0.2, 0.25) is 0 Å². The molecule has 2 aromatic rings. The van der Waals surface area contributed by atoms with Gasteiger partial charge in [0.25, 0.3) is 5.91 Å². The SMILES string of the molecule is CCc1cc(C(=O)N2CCCC[C@@H]2c2[nH]ncc2C)no1. The molecule has 6 heteroatoms. The van der Waals surface area contributed by atoms with Gasteiger partial charge in [-0.2, -0.15) is 5.10 Å². The number of carbonyl (C=O) groups is 1. The predicted molar refractivity (Wildman–Crippen MR) is 76.8 cm³/mol. The molecule has 21 heavy (non-hydrogen) atoms. The molecule has 0 saturated carbocycles. The first-order chi connectivity index (χ1) is 10.2. The number of H-pyrrole nitrogens is 1. The second kappa shape index (κ2) is 5.71. The maximum Gasteiger partial charge on any atom is 0.276 e. The molecule has 1 aliphatic heterocycles. The van der Waals surface area contributed by atoms with E-state index in [1.54, 1.807) is 12.3 Å². The van der Waals surface area contributed by atoms with E-state index in [0.29, 0.717) is 5.69 Å². The number of nitrogens with zero attached hydrogens (tertiary/aromatic N) is 3. The zero-order chi connectivity index (χ0) is 14.8. The minimum absolute atomic E-state index is 0.0514. The van der Waals surface area contributed by atoms with Crippen molar-refractivity contribution >= 4 is 5.91 Å². The Morgan fingerprint density at radius 3 is 3.05 bits per heavy atom. The maximum atomic E-state index is 12.7. The molecular formula is C15H20N4O2. The number of rotatable bonds is 3. The molecule has 1 saturated heterocycles. The monoisotopic (exact) mass is 288 g/mol. The van der Waals surface area contributed by atoms with Crippen molar-refractivity contribution < 1.29 is 9.32 Å². The number of aryl methyl sites for hydroxylation is 2. The number of piperidine rings is 1. The number of carbonyl (C=O) groups excluding carboxylic acids is 1. The molecule has 6 nitrogen and oxygen atoms in total. The van der Waals surface area contributed by atoms with Gasteiger partial charge in [0.05, 0.1) is 17.9 Å². The van der Waals surface area contributed by atoms with Crippen molar-refractivity contribution in [3.63, 3.8) is 0 Å². The molecule has 1 aliphatic rings. The van der Waals surface area contributed by atoms with Crippen LogP contribution < -0.4 is 0 Å². The van der Waals surface area contributed by atoms with Gasteiger partial charge in [0, 0.05) is 19.0 Å². The summed E-state index contributed by atoms with van der Waals surface area (Å²) in [5.74, 6) is 0.682. The summed E-state index contributed by atoms with van der Waals surface area (Å²) >= 11 is 0. The topological polar surface area (TPSA) is 75.0 Å². The standard InChI is InChI=1S/C15H20N4O2/c1-3-11-8-12(18-21-11)15(20)19-7-5-4-6-13(19)14-10(2)9-16-17-14/h8-9,13H,3-7H2,1-2H3,(H,16,17)/t13-/m1/s1. The lowest BCUT2D eigenvalue weighted by molar-refractivity contribution is 0.0594. The van der Waals surface area contributed by atoms with Gasteiger partial charge in [-0.1, -0.05) is 12.1 Å². The molecule has 0 radical (unpaired) electrons. The van der Waals surface area contributed by atoms with E-state index in [0.717, 1.165) is 49.2 Å². The Bertz CT molecular complexity index is 631. The van der Waals surface area contributed by atoms with E-state index in [2.05, 4.69) is 15.4 Å². The van der Waals surface area contributed by atoms with Gasteiger partial charge in [-0.05, 0) is 31.7 Å². The minimum atomic E-state index is -0.0582. The first kappa shape index (κ1) is 13.9. The Labute approximate surface area is 123 Å². The third-order valence-electron chi connectivity index (χ3n) is 4.09. The fraction of sp³-hybridized carbons (Fsp3) is 0.533. The van der Waals surface area contributed by atoms with Gasteiger partial charge in [0.15, 0.2) is 5.69 Å². The second-order valence-corrected chi connectivity index (χ2v) is 5.51. The van der Waals surface area contributed by atoms with E-state index in [4.69, 9.17) is 4.52 Å². The Kier molecular flexibility index (Phi) is 3.77. The number of amides is 1. The summed E-state index contributed by atoms with van der Waals surface area (Å²) in [5.41, 5.74) is 2.52. The van der Waals surface area contributed by atoms with Crippen molar-refractivity contribution in [1.29, 1.82) is 0 Å². The molecule has 1 atom stereocenters. The van der Waals surface area contributed by atoms with Gasteiger partial charge >= 0.3 is 0 Å². The highest BCUT2D eigenvalue weighted by Crippen LogP contribution is 2.32. The Morgan fingerprint density at radius 2 is 2.38 bits per heavy atom. The van der Waals surface area contributed by atoms with Crippen LogP contribution in [0.5, 0.6) is 0 Å². The molecule has 0 spiro atoms. The quantitative estimate of drug-likeness (QED) is 0.942. The molecule has 3 rings (SSSR count). The summed E-state index contributed by atoms with van der Waals surface area (Å²) in [7, 11) is 0. The molecule has 0 aliphatic carbocycles. The van der Waals surface area contributed by atoms with Crippen LogP contribution in [0.25, 0.3) is 0 Å². The van der Waals surface area contributed by atoms with Crippen molar-refractivity contribution in [2.45, 2.75) is 45.6 Å². The van der Waals surface area contributed by atoms with E-state index >= 15 is 0 Å². The number of aromatic nitrogens is 3. The number of likely N-dealkylation sites (tertiary alicyclic amines) is 1. The molecule has 1 amide bonds. The van der Waals surface area contributed by atoms with Gasteiger partial charge < -0.3 is 9.42 Å². The summed E-state index contributed by atoms with van der Waals surface area (Å²) in [5, 5.41) is 11.0. The van der Waals surface area contributed by atoms with E-state index in [-0.39, 0.29) is 11.9 Å². The Morgan fingerprint density at radius 1 is 1.52 bits per heavy atom. The molecule has 2 aromatic heterocycles. The average molecular weight is 288 g/mol. The zero-order valence-electron chi connectivity index (χ0n) is 12.4. The summed E-state index contributed by atoms with van der Waals surface area (Å²) in [6.07, 6.45) is 5.63.